The van der Waals surface area contributed by atoms with Crippen molar-refractivity contribution in [1.29, 1.82) is 0 Å². The zero-order valence-electron chi connectivity index (χ0n) is 24.0. The highest BCUT2D eigenvalue weighted by atomic mass is 19.4. The maximum Gasteiger partial charge on any atom is 0.416 e. The largest absolute Gasteiger partial charge is 0.490 e. The topological polar surface area (TPSA) is 44.8 Å². The number of nitrogens with zero attached hydrogens (tertiary/aromatic N) is 2. The summed E-state index contributed by atoms with van der Waals surface area (Å²) in [6.45, 7) is 6.31. The van der Waals surface area contributed by atoms with E-state index in [0.29, 0.717) is 12.1 Å². The normalized spacial score (nSPS) is 17.5. The van der Waals surface area contributed by atoms with Crippen LogP contribution in [0.2, 0.25) is 0 Å². The van der Waals surface area contributed by atoms with Crippen molar-refractivity contribution in [1.82, 2.24) is 15.1 Å². The molecule has 5 rings (SSSR count). The van der Waals surface area contributed by atoms with Crippen LogP contribution < -0.4 is 10.1 Å². The van der Waals surface area contributed by atoms with Crippen LogP contribution in [0, 0.1) is 0 Å². The number of halogens is 3. The highest BCUT2D eigenvalue weighted by molar-refractivity contribution is 5.94. The third kappa shape index (κ3) is 8.58. The molecular weight excluding hydrogens is 539 g/mol. The van der Waals surface area contributed by atoms with Gasteiger partial charge in [0.15, 0.2) is 0 Å². The quantitative estimate of drug-likeness (QED) is 0.296. The van der Waals surface area contributed by atoms with Crippen LogP contribution in [0.1, 0.15) is 60.0 Å². The van der Waals surface area contributed by atoms with Gasteiger partial charge < -0.3 is 15.0 Å². The van der Waals surface area contributed by atoms with E-state index in [1.165, 1.54) is 37.8 Å². The van der Waals surface area contributed by atoms with Gasteiger partial charge in [0.2, 0.25) is 0 Å². The number of hydrogen-bond donors (Lipinski definition) is 1. The molecule has 0 saturated carbocycles. The van der Waals surface area contributed by atoms with Crippen molar-refractivity contribution in [2.45, 2.75) is 57.3 Å². The Morgan fingerprint density at radius 2 is 1.52 bits per heavy atom. The zero-order chi connectivity index (χ0) is 29.4. The molecule has 3 aromatic rings. The Hall–Kier alpha value is -3.36. The van der Waals surface area contributed by atoms with Gasteiger partial charge in [-0.15, -0.1) is 0 Å². The van der Waals surface area contributed by atoms with Gasteiger partial charge in [-0.3, -0.25) is 9.69 Å². The molecule has 1 N–H and O–H groups in total. The summed E-state index contributed by atoms with van der Waals surface area (Å²) in [5.41, 5.74) is 2.78. The Bertz CT molecular complexity index is 1300. The molecule has 0 spiro atoms. The maximum atomic E-state index is 12.9. The fourth-order valence-electron chi connectivity index (χ4n) is 5.84. The Labute approximate surface area is 246 Å². The third-order valence-electron chi connectivity index (χ3n) is 8.22. The fourth-order valence-corrected chi connectivity index (χ4v) is 5.84. The van der Waals surface area contributed by atoms with Gasteiger partial charge >= 0.3 is 6.18 Å². The Morgan fingerprint density at radius 1 is 0.810 bits per heavy atom. The number of carbonyl (C=O) groups is 1. The molecule has 5 nitrogen and oxygen atoms in total. The molecule has 0 radical (unpaired) electrons. The lowest BCUT2D eigenvalue weighted by Gasteiger charge is -2.32. The van der Waals surface area contributed by atoms with Gasteiger partial charge in [-0.05, 0) is 91.9 Å². The third-order valence-corrected chi connectivity index (χ3v) is 8.22. The maximum absolute atomic E-state index is 12.9. The first-order valence-electron chi connectivity index (χ1n) is 15.1. The zero-order valence-corrected chi connectivity index (χ0v) is 24.0. The number of piperidine rings is 1. The summed E-state index contributed by atoms with van der Waals surface area (Å²) in [4.78, 5) is 17.6. The van der Waals surface area contributed by atoms with Crippen LogP contribution in [-0.4, -0.2) is 61.1 Å². The van der Waals surface area contributed by atoms with Gasteiger partial charge in [-0.25, -0.2) is 0 Å². The Balaban J connectivity index is 1.08. The standard InChI is InChI=1S/C34H40F3N3O2/c35-34(36,37)30-13-11-27(12-14-30)28-8-5-7-26(23-28)25-40-20-15-31(16-21-40)42-32-10-6-9-29(24-32)33(41)38-17-22-39-18-3-1-2-4-19-39/h5-14,23-24,31H,1-4,15-22,25H2,(H,38,41). The summed E-state index contributed by atoms with van der Waals surface area (Å²) in [5, 5.41) is 3.06. The second kappa shape index (κ2) is 14.2. The average molecular weight is 580 g/mol. The molecule has 2 heterocycles. The first-order chi connectivity index (χ1) is 20.3. The SMILES string of the molecule is O=C(NCCN1CCCCCC1)c1cccc(OC2CCN(Cc3cccc(-c4ccc(C(F)(F)F)cc4)c3)CC2)c1. The van der Waals surface area contributed by atoms with E-state index in [0.717, 1.165) is 86.7 Å². The smallest absolute Gasteiger partial charge is 0.416 e. The number of likely N-dealkylation sites (tertiary alicyclic amines) is 2. The van der Waals surface area contributed by atoms with Crippen molar-refractivity contribution in [3.8, 4) is 16.9 Å². The van der Waals surface area contributed by atoms with Gasteiger partial charge in [-0.2, -0.15) is 13.2 Å². The number of amides is 1. The first-order valence-corrected chi connectivity index (χ1v) is 15.1. The Morgan fingerprint density at radius 3 is 2.24 bits per heavy atom. The van der Waals surface area contributed by atoms with Crippen LogP contribution in [0.25, 0.3) is 11.1 Å². The highest BCUT2D eigenvalue weighted by Gasteiger charge is 2.30. The minimum atomic E-state index is -4.33. The van der Waals surface area contributed by atoms with Gasteiger partial charge in [0, 0.05) is 38.3 Å². The van der Waals surface area contributed by atoms with Crippen molar-refractivity contribution >= 4 is 5.91 Å². The first kappa shape index (κ1) is 30.1. The number of alkyl halides is 3. The number of carbonyl (C=O) groups excluding carboxylic acids is 1. The van der Waals surface area contributed by atoms with Gasteiger partial charge in [-0.1, -0.05) is 49.2 Å². The number of hydrogen-bond acceptors (Lipinski definition) is 4. The molecule has 0 unspecified atom stereocenters. The van der Waals surface area contributed by atoms with E-state index in [4.69, 9.17) is 4.74 Å². The van der Waals surface area contributed by atoms with Gasteiger partial charge in [0.1, 0.15) is 11.9 Å². The summed E-state index contributed by atoms with van der Waals surface area (Å²) in [5.74, 6) is 0.654. The molecule has 0 bridgehead atoms. The fraction of sp³-hybridized carbons (Fsp3) is 0.441. The van der Waals surface area contributed by atoms with Crippen molar-refractivity contribution in [2.24, 2.45) is 0 Å². The second-order valence-electron chi connectivity index (χ2n) is 11.4. The van der Waals surface area contributed by atoms with Crippen molar-refractivity contribution in [3.05, 3.63) is 89.5 Å². The van der Waals surface area contributed by atoms with Crippen molar-refractivity contribution in [2.75, 3.05) is 39.3 Å². The lowest BCUT2D eigenvalue weighted by molar-refractivity contribution is -0.137. The lowest BCUT2D eigenvalue weighted by Crippen LogP contribution is -2.37. The molecule has 42 heavy (non-hydrogen) atoms. The van der Waals surface area contributed by atoms with Crippen molar-refractivity contribution < 1.29 is 22.7 Å². The summed E-state index contributed by atoms with van der Waals surface area (Å²) >= 11 is 0. The van der Waals surface area contributed by atoms with E-state index < -0.39 is 11.7 Å². The van der Waals surface area contributed by atoms with E-state index in [1.54, 1.807) is 0 Å². The number of ether oxygens (including phenoxy) is 1. The summed E-state index contributed by atoms with van der Waals surface area (Å²) in [6, 6.07) is 20.8. The second-order valence-corrected chi connectivity index (χ2v) is 11.4. The van der Waals surface area contributed by atoms with Crippen LogP contribution in [0.4, 0.5) is 13.2 Å². The van der Waals surface area contributed by atoms with Crippen LogP contribution >= 0.6 is 0 Å². The molecule has 0 atom stereocenters. The molecule has 1 amide bonds. The van der Waals surface area contributed by atoms with Crippen LogP contribution in [0.5, 0.6) is 5.75 Å². The molecule has 224 valence electrons. The molecule has 2 aliphatic heterocycles. The van der Waals surface area contributed by atoms with Gasteiger partial charge in [0.25, 0.3) is 5.91 Å². The minimum absolute atomic E-state index is 0.0661. The molecule has 0 aliphatic carbocycles. The monoisotopic (exact) mass is 579 g/mol. The highest BCUT2D eigenvalue weighted by Crippen LogP contribution is 2.31. The van der Waals surface area contributed by atoms with Crippen LogP contribution in [-0.2, 0) is 12.7 Å². The van der Waals surface area contributed by atoms with E-state index in [-0.39, 0.29) is 12.0 Å². The molecule has 2 aliphatic rings. The van der Waals surface area contributed by atoms with Crippen LogP contribution in [0.15, 0.2) is 72.8 Å². The number of nitrogens with one attached hydrogen (secondary N) is 1. The predicted octanol–water partition coefficient (Wildman–Crippen LogP) is 7.02. The molecular formula is C34H40F3N3O2. The average Bonchev–Trinajstić information content (AvgIpc) is 3.27. The number of rotatable bonds is 9. The molecule has 0 aromatic heterocycles. The molecule has 2 fully saturated rings. The van der Waals surface area contributed by atoms with E-state index >= 15 is 0 Å². The minimum Gasteiger partial charge on any atom is -0.490 e. The van der Waals surface area contributed by atoms with Crippen LogP contribution in [0.3, 0.4) is 0 Å². The summed E-state index contributed by atoms with van der Waals surface area (Å²) < 4.78 is 45.0. The molecule has 2 saturated heterocycles. The predicted molar refractivity (Wildman–Crippen MR) is 159 cm³/mol. The molecule has 8 heteroatoms. The van der Waals surface area contributed by atoms with Gasteiger partial charge in [0.05, 0.1) is 5.56 Å². The Kier molecular flexibility index (Phi) is 10.2. The van der Waals surface area contributed by atoms with E-state index in [2.05, 4.69) is 27.2 Å². The van der Waals surface area contributed by atoms with E-state index in [9.17, 15) is 18.0 Å². The summed E-state index contributed by atoms with van der Waals surface area (Å²) in [7, 11) is 0. The molecule has 3 aromatic carbocycles. The lowest BCUT2D eigenvalue weighted by atomic mass is 10.0. The van der Waals surface area contributed by atoms with E-state index in [1.807, 2.05) is 36.4 Å². The number of benzene rings is 3. The van der Waals surface area contributed by atoms with Crippen molar-refractivity contribution in [3.63, 3.8) is 0 Å². The summed E-state index contributed by atoms with van der Waals surface area (Å²) in [6.07, 6.45) is 2.60.